The van der Waals surface area contributed by atoms with Crippen LogP contribution in [0.1, 0.15) is 79.1 Å². The second-order valence-corrected chi connectivity index (χ2v) is 9.88. The van der Waals surface area contributed by atoms with Crippen molar-refractivity contribution < 1.29 is 4.79 Å². The molecule has 4 aliphatic rings. The third kappa shape index (κ3) is 1.67. The summed E-state index contributed by atoms with van der Waals surface area (Å²) in [4.78, 5) is 12.5. The van der Waals surface area contributed by atoms with Gasteiger partial charge in [-0.05, 0) is 79.4 Å². The van der Waals surface area contributed by atoms with Gasteiger partial charge in [-0.1, -0.05) is 27.7 Å². The molecule has 0 aliphatic heterocycles. The number of carbonyl (C=O) groups is 1. The summed E-state index contributed by atoms with van der Waals surface area (Å²) in [5.74, 6) is 4.04. The Morgan fingerprint density at radius 3 is 2.48 bits per heavy atom. The minimum absolute atomic E-state index is 0.0737. The summed E-state index contributed by atoms with van der Waals surface area (Å²) in [6.07, 6.45) is 10.6. The molecule has 0 unspecified atom stereocenters. The number of hydrogen-bond acceptors (Lipinski definition) is 1. The lowest BCUT2D eigenvalue weighted by molar-refractivity contribution is -0.165. The molecule has 0 amide bonds. The zero-order valence-electron chi connectivity index (χ0n) is 14.4. The van der Waals surface area contributed by atoms with Crippen molar-refractivity contribution in [3.63, 3.8) is 0 Å². The maximum absolute atomic E-state index is 12.5. The zero-order chi connectivity index (χ0) is 15.0. The predicted octanol–water partition coefficient (Wildman–Crippen LogP) is 5.23. The molecule has 4 fully saturated rings. The SMILES string of the molecule is C[C@@H]1C[C@]23CC[C@H]4C(C)(C)C(=O)CC[C@]4(C)[C@H]2CC[C@@H]1C3. The Labute approximate surface area is 130 Å². The highest BCUT2D eigenvalue weighted by Crippen LogP contribution is 2.71. The van der Waals surface area contributed by atoms with E-state index in [1.807, 2.05) is 0 Å². The van der Waals surface area contributed by atoms with Crippen LogP contribution in [0.15, 0.2) is 0 Å². The fourth-order valence-corrected chi connectivity index (χ4v) is 7.82. The summed E-state index contributed by atoms with van der Waals surface area (Å²) in [7, 11) is 0. The number of rotatable bonds is 0. The maximum Gasteiger partial charge on any atom is 0.138 e. The van der Waals surface area contributed by atoms with Gasteiger partial charge in [-0.15, -0.1) is 0 Å². The molecule has 21 heavy (non-hydrogen) atoms. The van der Waals surface area contributed by atoms with Gasteiger partial charge in [-0.25, -0.2) is 0 Å². The molecule has 0 N–H and O–H groups in total. The van der Waals surface area contributed by atoms with Gasteiger partial charge >= 0.3 is 0 Å². The molecule has 0 aromatic rings. The van der Waals surface area contributed by atoms with Gasteiger partial charge in [0.15, 0.2) is 0 Å². The monoisotopic (exact) mass is 288 g/mol. The topological polar surface area (TPSA) is 17.1 Å². The van der Waals surface area contributed by atoms with Crippen molar-refractivity contribution in [2.45, 2.75) is 79.1 Å². The molecule has 1 spiro atoms. The number of Topliss-reactive ketones (excluding diaryl/α,β-unsaturated/α-hetero) is 1. The number of fused-ring (bicyclic) bond motifs is 3. The van der Waals surface area contributed by atoms with Gasteiger partial charge in [0.1, 0.15) is 5.78 Å². The molecule has 0 radical (unpaired) electrons. The molecule has 4 aliphatic carbocycles. The van der Waals surface area contributed by atoms with E-state index in [0.717, 1.165) is 24.2 Å². The van der Waals surface area contributed by atoms with Gasteiger partial charge in [-0.2, -0.15) is 0 Å². The van der Waals surface area contributed by atoms with Crippen molar-refractivity contribution in [3.05, 3.63) is 0 Å². The van der Waals surface area contributed by atoms with E-state index in [2.05, 4.69) is 27.7 Å². The predicted molar refractivity (Wildman–Crippen MR) is 85.9 cm³/mol. The fraction of sp³-hybridized carbons (Fsp3) is 0.950. The van der Waals surface area contributed by atoms with E-state index in [-0.39, 0.29) is 5.41 Å². The minimum Gasteiger partial charge on any atom is -0.299 e. The zero-order valence-corrected chi connectivity index (χ0v) is 14.4. The first-order valence-electron chi connectivity index (χ1n) is 9.33. The Kier molecular flexibility index (Phi) is 2.82. The van der Waals surface area contributed by atoms with Gasteiger partial charge in [0.25, 0.3) is 0 Å². The molecule has 118 valence electrons. The molecule has 0 heterocycles. The second kappa shape index (κ2) is 4.15. The van der Waals surface area contributed by atoms with Crippen LogP contribution in [-0.2, 0) is 4.79 Å². The first kappa shape index (κ1) is 14.3. The average Bonchev–Trinajstić information content (AvgIpc) is 2.65. The van der Waals surface area contributed by atoms with Crippen LogP contribution in [0, 0.1) is 39.9 Å². The Balaban J connectivity index is 1.74. The molecule has 0 aromatic carbocycles. The van der Waals surface area contributed by atoms with Crippen LogP contribution < -0.4 is 0 Å². The minimum atomic E-state index is -0.0737. The first-order chi connectivity index (χ1) is 9.80. The van der Waals surface area contributed by atoms with E-state index >= 15 is 0 Å². The Bertz CT molecular complexity index is 474. The quantitative estimate of drug-likeness (QED) is 0.596. The number of hydrogen-bond donors (Lipinski definition) is 0. The largest absolute Gasteiger partial charge is 0.299 e. The average molecular weight is 288 g/mol. The van der Waals surface area contributed by atoms with Crippen molar-refractivity contribution in [2.75, 3.05) is 0 Å². The van der Waals surface area contributed by atoms with Gasteiger partial charge < -0.3 is 0 Å². The van der Waals surface area contributed by atoms with Crippen molar-refractivity contribution in [1.29, 1.82) is 0 Å². The van der Waals surface area contributed by atoms with Crippen LogP contribution in [0.25, 0.3) is 0 Å². The van der Waals surface area contributed by atoms with Gasteiger partial charge in [-0.3, -0.25) is 4.79 Å². The van der Waals surface area contributed by atoms with Gasteiger partial charge in [0.05, 0.1) is 0 Å². The Morgan fingerprint density at radius 2 is 1.71 bits per heavy atom. The highest BCUT2D eigenvalue weighted by atomic mass is 16.1. The lowest BCUT2D eigenvalue weighted by Crippen LogP contribution is -2.58. The highest BCUT2D eigenvalue weighted by molar-refractivity contribution is 5.85. The van der Waals surface area contributed by atoms with Crippen LogP contribution in [0.5, 0.6) is 0 Å². The van der Waals surface area contributed by atoms with E-state index < -0.39 is 0 Å². The van der Waals surface area contributed by atoms with E-state index in [1.54, 1.807) is 0 Å². The van der Waals surface area contributed by atoms with Crippen molar-refractivity contribution in [1.82, 2.24) is 0 Å². The Hall–Kier alpha value is -0.330. The second-order valence-electron chi connectivity index (χ2n) is 9.88. The van der Waals surface area contributed by atoms with Crippen molar-refractivity contribution in [2.24, 2.45) is 39.9 Å². The lowest BCUT2D eigenvalue weighted by atomic mass is 9.41. The Morgan fingerprint density at radius 1 is 0.952 bits per heavy atom. The fourth-order valence-electron chi connectivity index (χ4n) is 7.82. The summed E-state index contributed by atoms with van der Waals surface area (Å²) < 4.78 is 0. The molecule has 0 saturated heterocycles. The number of ketones is 1. The van der Waals surface area contributed by atoms with E-state index in [9.17, 15) is 4.79 Å². The van der Waals surface area contributed by atoms with Crippen LogP contribution >= 0.6 is 0 Å². The molecule has 4 saturated carbocycles. The van der Waals surface area contributed by atoms with E-state index in [0.29, 0.717) is 22.5 Å². The smallest absolute Gasteiger partial charge is 0.138 e. The van der Waals surface area contributed by atoms with Gasteiger partial charge in [0, 0.05) is 11.8 Å². The van der Waals surface area contributed by atoms with Crippen molar-refractivity contribution in [3.8, 4) is 0 Å². The molecule has 6 atom stereocenters. The summed E-state index contributed by atoms with van der Waals surface area (Å²) in [5.41, 5.74) is 1.02. The first-order valence-corrected chi connectivity index (χ1v) is 9.33. The maximum atomic E-state index is 12.5. The van der Waals surface area contributed by atoms with Crippen molar-refractivity contribution >= 4 is 5.78 Å². The van der Waals surface area contributed by atoms with Crippen LogP contribution in [-0.4, -0.2) is 5.78 Å². The summed E-state index contributed by atoms with van der Waals surface area (Å²) >= 11 is 0. The molecule has 1 heteroatoms. The molecule has 2 bridgehead atoms. The summed E-state index contributed by atoms with van der Waals surface area (Å²) in [5, 5.41) is 0. The molecular weight excluding hydrogens is 256 g/mol. The van der Waals surface area contributed by atoms with E-state index in [4.69, 9.17) is 0 Å². The van der Waals surface area contributed by atoms with Crippen LogP contribution in [0.2, 0.25) is 0 Å². The molecule has 0 aromatic heterocycles. The normalized spacial score (nSPS) is 55.0. The summed E-state index contributed by atoms with van der Waals surface area (Å²) in [6, 6.07) is 0. The third-order valence-electron chi connectivity index (χ3n) is 8.77. The van der Waals surface area contributed by atoms with Gasteiger partial charge in [0.2, 0.25) is 0 Å². The molecule has 4 rings (SSSR count). The molecule has 1 nitrogen and oxygen atoms in total. The van der Waals surface area contributed by atoms with Crippen LogP contribution in [0.3, 0.4) is 0 Å². The molecular formula is C20H32O. The third-order valence-corrected chi connectivity index (χ3v) is 8.77. The number of carbonyl (C=O) groups excluding carboxylic acids is 1. The highest BCUT2D eigenvalue weighted by Gasteiger charge is 2.64. The van der Waals surface area contributed by atoms with Crippen LogP contribution in [0.4, 0.5) is 0 Å². The van der Waals surface area contributed by atoms with E-state index in [1.165, 1.54) is 44.9 Å². The lowest BCUT2D eigenvalue weighted by Gasteiger charge is -2.63. The summed E-state index contributed by atoms with van der Waals surface area (Å²) in [6.45, 7) is 9.57. The standard InChI is InChI=1S/C20H32O/c1-13-11-20-10-7-15-18(2,3)17(21)8-9-19(15,4)16(20)6-5-14(13)12-20/h13-16H,5-12H2,1-4H3/t13-,14-,15+,16-,19+,20+/m1/s1.